The molecule has 2 aliphatic rings. The monoisotopic (exact) mass is 222 g/mol. The standard InChI is InChI=1S/C12H18N2O2/c15-11-5-10-14(12(11)16)9-4-3-8-13-6-1-2-7-13/h11,15H,1-2,5-10H2/t11-/m0/s1. The molecule has 0 spiro atoms. The van der Waals surface area contributed by atoms with E-state index in [9.17, 15) is 9.90 Å². The molecule has 0 saturated carbocycles. The number of amides is 1. The van der Waals surface area contributed by atoms with Gasteiger partial charge in [0.2, 0.25) is 0 Å². The van der Waals surface area contributed by atoms with E-state index < -0.39 is 6.10 Å². The number of aliphatic hydroxyl groups excluding tert-OH is 1. The molecule has 0 bridgehead atoms. The Labute approximate surface area is 96.2 Å². The van der Waals surface area contributed by atoms with Crippen molar-refractivity contribution in [2.75, 3.05) is 32.7 Å². The first-order chi connectivity index (χ1) is 7.77. The fourth-order valence-corrected chi connectivity index (χ4v) is 2.14. The lowest BCUT2D eigenvalue weighted by molar-refractivity contribution is -0.133. The van der Waals surface area contributed by atoms with E-state index >= 15 is 0 Å². The van der Waals surface area contributed by atoms with E-state index in [4.69, 9.17) is 0 Å². The van der Waals surface area contributed by atoms with Gasteiger partial charge in [0.1, 0.15) is 6.10 Å². The zero-order valence-corrected chi connectivity index (χ0v) is 9.48. The van der Waals surface area contributed by atoms with Crippen molar-refractivity contribution < 1.29 is 9.90 Å². The average molecular weight is 222 g/mol. The summed E-state index contributed by atoms with van der Waals surface area (Å²) in [4.78, 5) is 15.3. The van der Waals surface area contributed by atoms with Crippen LogP contribution in [0.25, 0.3) is 0 Å². The van der Waals surface area contributed by atoms with Crippen LogP contribution in [0.5, 0.6) is 0 Å². The molecule has 2 fully saturated rings. The van der Waals surface area contributed by atoms with Crippen LogP contribution in [-0.4, -0.2) is 59.6 Å². The number of aliphatic hydroxyl groups is 1. The van der Waals surface area contributed by atoms with E-state index in [1.165, 1.54) is 12.8 Å². The number of carbonyl (C=O) groups excluding carboxylic acids is 1. The molecule has 0 unspecified atom stereocenters. The SMILES string of the molecule is O=C1[C@@H](O)CCN1CC#CCN1CCCC1. The molecular weight excluding hydrogens is 204 g/mol. The highest BCUT2D eigenvalue weighted by molar-refractivity contribution is 5.82. The van der Waals surface area contributed by atoms with Crippen molar-refractivity contribution in [3.8, 4) is 11.8 Å². The maximum absolute atomic E-state index is 11.4. The van der Waals surface area contributed by atoms with E-state index in [0.29, 0.717) is 19.5 Å². The minimum absolute atomic E-state index is 0.171. The zero-order valence-electron chi connectivity index (χ0n) is 9.48. The van der Waals surface area contributed by atoms with Crippen molar-refractivity contribution in [2.24, 2.45) is 0 Å². The quantitative estimate of drug-likeness (QED) is 0.651. The maximum atomic E-state index is 11.4. The summed E-state index contributed by atoms with van der Waals surface area (Å²) in [5.41, 5.74) is 0. The summed E-state index contributed by atoms with van der Waals surface area (Å²) < 4.78 is 0. The smallest absolute Gasteiger partial charge is 0.252 e. The molecule has 4 heteroatoms. The van der Waals surface area contributed by atoms with Crippen LogP contribution in [0.3, 0.4) is 0 Å². The number of hydrogen-bond acceptors (Lipinski definition) is 3. The fourth-order valence-electron chi connectivity index (χ4n) is 2.14. The van der Waals surface area contributed by atoms with Gasteiger partial charge >= 0.3 is 0 Å². The van der Waals surface area contributed by atoms with Gasteiger partial charge in [0.25, 0.3) is 5.91 Å². The molecule has 0 aliphatic carbocycles. The lowest BCUT2D eigenvalue weighted by Crippen LogP contribution is -2.29. The highest BCUT2D eigenvalue weighted by Gasteiger charge is 2.28. The molecule has 2 heterocycles. The molecule has 0 aromatic carbocycles. The van der Waals surface area contributed by atoms with Gasteiger partial charge in [0, 0.05) is 6.54 Å². The first kappa shape index (κ1) is 11.4. The molecule has 16 heavy (non-hydrogen) atoms. The number of nitrogens with zero attached hydrogens (tertiary/aromatic N) is 2. The van der Waals surface area contributed by atoms with E-state index in [1.54, 1.807) is 4.90 Å². The van der Waals surface area contributed by atoms with Crippen molar-refractivity contribution in [3.05, 3.63) is 0 Å². The molecule has 1 N–H and O–H groups in total. The van der Waals surface area contributed by atoms with Gasteiger partial charge < -0.3 is 10.0 Å². The second-order valence-electron chi connectivity index (χ2n) is 4.40. The zero-order chi connectivity index (χ0) is 11.4. The van der Waals surface area contributed by atoms with Crippen molar-refractivity contribution in [3.63, 3.8) is 0 Å². The number of rotatable bonds is 2. The van der Waals surface area contributed by atoms with Crippen LogP contribution >= 0.6 is 0 Å². The van der Waals surface area contributed by atoms with E-state index in [1.807, 2.05) is 0 Å². The van der Waals surface area contributed by atoms with Crippen LogP contribution in [0.15, 0.2) is 0 Å². The Hall–Kier alpha value is -1.05. The highest BCUT2D eigenvalue weighted by Crippen LogP contribution is 2.09. The molecule has 0 aromatic heterocycles. The number of carbonyl (C=O) groups is 1. The minimum atomic E-state index is -0.791. The first-order valence-corrected chi connectivity index (χ1v) is 5.92. The molecule has 2 aliphatic heterocycles. The number of likely N-dealkylation sites (tertiary alicyclic amines) is 2. The van der Waals surface area contributed by atoms with Gasteiger partial charge in [0.15, 0.2) is 0 Å². The van der Waals surface area contributed by atoms with Gasteiger partial charge in [-0.2, -0.15) is 0 Å². The Kier molecular flexibility index (Phi) is 3.81. The highest BCUT2D eigenvalue weighted by atomic mass is 16.3. The normalized spacial score (nSPS) is 25.9. The van der Waals surface area contributed by atoms with E-state index in [-0.39, 0.29) is 5.91 Å². The van der Waals surface area contributed by atoms with Crippen LogP contribution in [0.1, 0.15) is 19.3 Å². The first-order valence-electron chi connectivity index (χ1n) is 5.92. The Balaban J connectivity index is 1.70. The van der Waals surface area contributed by atoms with Crippen LogP contribution in [0.4, 0.5) is 0 Å². The average Bonchev–Trinajstić information content (AvgIpc) is 2.88. The largest absolute Gasteiger partial charge is 0.383 e. The lowest BCUT2D eigenvalue weighted by atomic mass is 10.3. The van der Waals surface area contributed by atoms with Crippen molar-refractivity contribution in [1.82, 2.24) is 9.80 Å². The van der Waals surface area contributed by atoms with Gasteiger partial charge in [0.05, 0.1) is 13.1 Å². The van der Waals surface area contributed by atoms with Crippen LogP contribution in [-0.2, 0) is 4.79 Å². The van der Waals surface area contributed by atoms with E-state index in [0.717, 1.165) is 19.6 Å². The van der Waals surface area contributed by atoms with Crippen molar-refractivity contribution >= 4 is 5.91 Å². The Bertz CT molecular complexity index is 313. The molecule has 2 saturated heterocycles. The summed E-state index contributed by atoms with van der Waals surface area (Å²) in [5, 5.41) is 9.25. The fraction of sp³-hybridized carbons (Fsp3) is 0.750. The summed E-state index contributed by atoms with van der Waals surface area (Å²) in [6.07, 6.45) is 2.31. The van der Waals surface area contributed by atoms with Gasteiger partial charge in [-0.1, -0.05) is 11.8 Å². The van der Waals surface area contributed by atoms with Gasteiger partial charge in [-0.05, 0) is 32.4 Å². The molecule has 88 valence electrons. The molecule has 0 radical (unpaired) electrons. The number of hydrogen-bond donors (Lipinski definition) is 1. The third-order valence-corrected chi connectivity index (χ3v) is 3.17. The molecule has 4 nitrogen and oxygen atoms in total. The van der Waals surface area contributed by atoms with E-state index in [2.05, 4.69) is 16.7 Å². The third-order valence-electron chi connectivity index (χ3n) is 3.17. The molecule has 2 rings (SSSR count). The predicted molar refractivity (Wildman–Crippen MR) is 60.7 cm³/mol. The molecule has 1 atom stereocenters. The topological polar surface area (TPSA) is 43.8 Å². The summed E-state index contributed by atoms with van der Waals surface area (Å²) >= 11 is 0. The van der Waals surface area contributed by atoms with Crippen LogP contribution in [0, 0.1) is 11.8 Å². The third kappa shape index (κ3) is 2.75. The predicted octanol–water partition coefficient (Wildman–Crippen LogP) is -0.321. The molecular formula is C12H18N2O2. The Morgan fingerprint density at radius 1 is 1.19 bits per heavy atom. The Morgan fingerprint density at radius 2 is 1.88 bits per heavy atom. The summed E-state index contributed by atoms with van der Waals surface area (Å²) in [6.45, 7) is 4.21. The minimum Gasteiger partial charge on any atom is -0.383 e. The Morgan fingerprint density at radius 3 is 2.50 bits per heavy atom. The van der Waals surface area contributed by atoms with Gasteiger partial charge in [-0.15, -0.1) is 0 Å². The maximum Gasteiger partial charge on any atom is 0.252 e. The second-order valence-corrected chi connectivity index (χ2v) is 4.40. The summed E-state index contributed by atoms with van der Waals surface area (Å²) in [5.74, 6) is 5.93. The van der Waals surface area contributed by atoms with Crippen molar-refractivity contribution in [1.29, 1.82) is 0 Å². The van der Waals surface area contributed by atoms with Crippen LogP contribution < -0.4 is 0 Å². The van der Waals surface area contributed by atoms with Crippen molar-refractivity contribution in [2.45, 2.75) is 25.4 Å². The van der Waals surface area contributed by atoms with Crippen LogP contribution in [0.2, 0.25) is 0 Å². The lowest BCUT2D eigenvalue weighted by Gasteiger charge is -2.11. The van der Waals surface area contributed by atoms with Gasteiger partial charge in [-0.25, -0.2) is 0 Å². The van der Waals surface area contributed by atoms with Gasteiger partial charge in [-0.3, -0.25) is 9.69 Å². The summed E-state index contributed by atoms with van der Waals surface area (Å²) in [6, 6.07) is 0. The molecule has 0 aromatic rings. The molecule has 1 amide bonds. The second kappa shape index (κ2) is 5.33. The summed E-state index contributed by atoms with van der Waals surface area (Å²) in [7, 11) is 0.